The second-order valence-corrected chi connectivity index (χ2v) is 15.0. The van der Waals surface area contributed by atoms with Gasteiger partial charge in [0.1, 0.15) is 0 Å². The molecule has 0 aliphatic heterocycles. The third kappa shape index (κ3) is 5.06. The Hall–Kier alpha value is -7.36. The molecule has 0 amide bonds. The van der Waals surface area contributed by atoms with Gasteiger partial charge in [0, 0.05) is 33.2 Å². The molecule has 0 saturated heterocycles. The molecule has 0 N–H and O–H groups in total. The molecule has 0 radical (unpaired) electrons. The van der Waals surface area contributed by atoms with Crippen molar-refractivity contribution >= 4 is 21.8 Å². The molecule has 1 atom stereocenters. The molecule has 0 saturated carbocycles. The second kappa shape index (κ2) is 13.1. The summed E-state index contributed by atoms with van der Waals surface area (Å²) in [6, 6.07) is 74.2. The molecule has 3 heteroatoms. The van der Waals surface area contributed by atoms with E-state index in [0.29, 0.717) is 0 Å². The molecule has 268 valence electrons. The van der Waals surface area contributed by atoms with Crippen LogP contribution in [0.1, 0.15) is 27.9 Å². The van der Waals surface area contributed by atoms with Gasteiger partial charge >= 0.3 is 0 Å². The van der Waals surface area contributed by atoms with E-state index in [1.165, 1.54) is 44.1 Å². The van der Waals surface area contributed by atoms with Crippen LogP contribution in [0.15, 0.2) is 206 Å². The van der Waals surface area contributed by atoms with Crippen LogP contribution in [0.3, 0.4) is 0 Å². The van der Waals surface area contributed by atoms with Crippen molar-refractivity contribution in [3.63, 3.8) is 0 Å². The first-order chi connectivity index (χ1) is 28.2. The third-order valence-electron chi connectivity index (χ3n) is 11.8. The number of rotatable bonds is 6. The molecule has 0 bridgehead atoms. The number of benzene rings is 8. The molecule has 1 aliphatic rings. The maximum atomic E-state index is 5.65. The number of hydrogen-bond donors (Lipinski definition) is 0. The van der Waals surface area contributed by atoms with E-state index in [-0.39, 0.29) is 0 Å². The molecule has 1 aliphatic carbocycles. The SMILES string of the molecule is Cc1ccccc1C1(c2ccccc2)c2cc(-c3ccc(-n4c5ccccc5c5ccccc54)cc3)ccc2-c2c(-c3ccccc3)nc(-c3ccccc3)nc21. The minimum atomic E-state index is -0.716. The van der Waals surface area contributed by atoms with Crippen LogP contribution in [-0.4, -0.2) is 14.5 Å². The first kappa shape index (κ1) is 33.0. The Balaban J connectivity index is 1.18. The average molecular weight is 728 g/mol. The van der Waals surface area contributed by atoms with E-state index in [0.717, 1.165) is 56.3 Å². The highest BCUT2D eigenvalue weighted by Gasteiger charge is 2.50. The Morgan fingerprint density at radius 2 is 1.00 bits per heavy atom. The van der Waals surface area contributed by atoms with Gasteiger partial charge in [-0.05, 0) is 76.2 Å². The zero-order valence-electron chi connectivity index (χ0n) is 31.5. The number of para-hydroxylation sites is 2. The summed E-state index contributed by atoms with van der Waals surface area (Å²) in [5.41, 5.74) is 16.2. The number of fused-ring (bicyclic) bond motifs is 6. The van der Waals surface area contributed by atoms with Gasteiger partial charge in [-0.15, -0.1) is 0 Å². The van der Waals surface area contributed by atoms with Gasteiger partial charge in [0.05, 0.1) is 27.8 Å². The van der Waals surface area contributed by atoms with Crippen molar-refractivity contribution in [2.24, 2.45) is 0 Å². The summed E-state index contributed by atoms with van der Waals surface area (Å²) in [6.07, 6.45) is 0. The van der Waals surface area contributed by atoms with Crippen molar-refractivity contribution in [1.29, 1.82) is 0 Å². The monoisotopic (exact) mass is 727 g/mol. The van der Waals surface area contributed by atoms with Crippen LogP contribution in [-0.2, 0) is 5.41 Å². The number of aromatic nitrogens is 3. The molecule has 8 aromatic carbocycles. The lowest BCUT2D eigenvalue weighted by Gasteiger charge is -2.34. The van der Waals surface area contributed by atoms with Crippen molar-refractivity contribution < 1.29 is 0 Å². The third-order valence-corrected chi connectivity index (χ3v) is 11.8. The lowest BCUT2D eigenvalue weighted by atomic mass is 9.68. The quantitative estimate of drug-likeness (QED) is 0.171. The molecule has 11 rings (SSSR count). The number of nitrogens with zero attached hydrogens (tertiary/aromatic N) is 3. The summed E-state index contributed by atoms with van der Waals surface area (Å²) < 4.78 is 2.38. The zero-order valence-corrected chi connectivity index (χ0v) is 31.5. The van der Waals surface area contributed by atoms with Crippen LogP contribution in [0.25, 0.3) is 72.4 Å². The van der Waals surface area contributed by atoms with Crippen molar-refractivity contribution in [2.45, 2.75) is 12.3 Å². The van der Waals surface area contributed by atoms with E-state index in [1.54, 1.807) is 0 Å². The Morgan fingerprint density at radius 1 is 0.439 bits per heavy atom. The van der Waals surface area contributed by atoms with E-state index in [4.69, 9.17) is 9.97 Å². The fourth-order valence-electron chi connectivity index (χ4n) is 9.29. The highest BCUT2D eigenvalue weighted by molar-refractivity contribution is 6.09. The van der Waals surface area contributed by atoms with Gasteiger partial charge in [-0.2, -0.15) is 0 Å². The highest BCUT2D eigenvalue weighted by atomic mass is 15.0. The van der Waals surface area contributed by atoms with Crippen molar-refractivity contribution in [3.05, 3.63) is 234 Å². The van der Waals surface area contributed by atoms with Crippen LogP contribution in [0.5, 0.6) is 0 Å². The second-order valence-electron chi connectivity index (χ2n) is 15.0. The van der Waals surface area contributed by atoms with Gasteiger partial charge in [0.15, 0.2) is 5.82 Å². The van der Waals surface area contributed by atoms with Crippen LogP contribution in [0, 0.1) is 6.92 Å². The summed E-state index contributed by atoms with van der Waals surface area (Å²) in [7, 11) is 0. The summed E-state index contributed by atoms with van der Waals surface area (Å²) in [4.78, 5) is 11.1. The Kier molecular flexibility index (Phi) is 7.61. The zero-order chi connectivity index (χ0) is 37.9. The van der Waals surface area contributed by atoms with Gasteiger partial charge in [0.2, 0.25) is 0 Å². The predicted octanol–water partition coefficient (Wildman–Crippen LogP) is 13.2. The fraction of sp³-hybridized carbons (Fsp3) is 0.0370. The molecule has 0 spiro atoms. The van der Waals surface area contributed by atoms with Crippen molar-refractivity contribution in [3.8, 4) is 50.6 Å². The van der Waals surface area contributed by atoms with Crippen LogP contribution < -0.4 is 0 Å². The molecule has 3 nitrogen and oxygen atoms in total. The standard InChI is InChI=1S/C54H37N3/c1-36-17-11-14-26-46(36)54(41-22-9-4-10-23-41)47-35-40(37-29-32-42(33-30-37)57-48-27-15-12-24-43(48)44-25-13-16-28-49(44)57)31-34-45(47)50-51(38-18-5-2-6-19-38)55-53(56-52(50)54)39-20-7-3-8-21-39/h2-35H,1H3. The Morgan fingerprint density at radius 3 is 1.67 bits per heavy atom. The molecule has 57 heavy (non-hydrogen) atoms. The Bertz CT molecular complexity index is 3060. The van der Waals surface area contributed by atoms with E-state index in [2.05, 4.69) is 212 Å². The fourth-order valence-corrected chi connectivity index (χ4v) is 9.29. The lowest BCUT2D eigenvalue weighted by Crippen LogP contribution is -2.31. The number of aryl methyl sites for hydroxylation is 1. The van der Waals surface area contributed by atoms with Gasteiger partial charge in [-0.25, -0.2) is 9.97 Å². The Labute approximate surface area is 332 Å². The van der Waals surface area contributed by atoms with Gasteiger partial charge in [0.25, 0.3) is 0 Å². The largest absolute Gasteiger partial charge is 0.309 e. The molecular weight excluding hydrogens is 691 g/mol. The maximum absolute atomic E-state index is 5.65. The van der Waals surface area contributed by atoms with Crippen molar-refractivity contribution in [2.75, 3.05) is 0 Å². The first-order valence-electron chi connectivity index (χ1n) is 19.6. The molecule has 2 heterocycles. The van der Waals surface area contributed by atoms with Crippen LogP contribution in [0.2, 0.25) is 0 Å². The summed E-state index contributed by atoms with van der Waals surface area (Å²) in [6.45, 7) is 2.23. The highest BCUT2D eigenvalue weighted by Crippen LogP contribution is 2.58. The van der Waals surface area contributed by atoms with Crippen molar-refractivity contribution in [1.82, 2.24) is 14.5 Å². The normalized spacial score (nSPS) is 14.5. The summed E-state index contributed by atoms with van der Waals surface area (Å²) in [5.74, 6) is 0.718. The lowest BCUT2D eigenvalue weighted by molar-refractivity contribution is 0.730. The maximum Gasteiger partial charge on any atom is 0.160 e. The van der Waals surface area contributed by atoms with Gasteiger partial charge < -0.3 is 4.57 Å². The first-order valence-corrected chi connectivity index (χ1v) is 19.6. The summed E-state index contributed by atoms with van der Waals surface area (Å²) in [5, 5.41) is 2.52. The van der Waals surface area contributed by atoms with Gasteiger partial charge in [-0.1, -0.05) is 176 Å². The number of hydrogen-bond acceptors (Lipinski definition) is 2. The summed E-state index contributed by atoms with van der Waals surface area (Å²) >= 11 is 0. The van der Waals surface area contributed by atoms with E-state index >= 15 is 0 Å². The van der Waals surface area contributed by atoms with Gasteiger partial charge in [-0.3, -0.25) is 0 Å². The van der Waals surface area contributed by atoms with Crippen LogP contribution >= 0.6 is 0 Å². The molecule has 2 aromatic heterocycles. The molecule has 10 aromatic rings. The van der Waals surface area contributed by atoms with Crippen LogP contribution in [0.4, 0.5) is 0 Å². The molecule has 1 unspecified atom stereocenters. The minimum Gasteiger partial charge on any atom is -0.309 e. The topological polar surface area (TPSA) is 30.7 Å². The molecular formula is C54H37N3. The molecule has 0 fully saturated rings. The van der Waals surface area contributed by atoms with E-state index < -0.39 is 5.41 Å². The smallest absolute Gasteiger partial charge is 0.160 e. The van der Waals surface area contributed by atoms with E-state index in [1.807, 2.05) is 6.07 Å². The minimum absolute atomic E-state index is 0.716. The average Bonchev–Trinajstić information content (AvgIpc) is 3.78. The predicted molar refractivity (Wildman–Crippen MR) is 235 cm³/mol. The van der Waals surface area contributed by atoms with E-state index in [9.17, 15) is 0 Å².